The van der Waals surface area contributed by atoms with Gasteiger partial charge < -0.3 is 10.4 Å². The summed E-state index contributed by atoms with van der Waals surface area (Å²) in [6.45, 7) is 6.26. The molecule has 0 aliphatic rings. The molecule has 3 rings (SSSR count). The van der Waals surface area contributed by atoms with Crippen molar-refractivity contribution in [3.05, 3.63) is 48.0 Å². The van der Waals surface area contributed by atoms with Crippen LogP contribution in [0.2, 0.25) is 0 Å². The molecule has 0 spiro atoms. The minimum absolute atomic E-state index is 0.102. The third-order valence-electron chi connectivity index (χ3n) is 3.35. The van der Waals surface area contributed by atoms with Crippen LogP contribution in [0.25, 0.3) is 10.2 Å². The summed E-state index contributed by atoms with van der Waals surface area (Å²) >= 11 is 1.62. The zero-order valence-corrected chi connectivity index (χ0v) is 13.2. The normalized spacial score (nSPS) is 11.8. The average molecular weight is 298 g/mol. The molecule has 0 atom stereocenters. The summed E-state index contributed by atoms with van der Waals surface area (Å²) in [7, 11) is 0. The Kier molecular flexibility index (Phi) is 3.33. The average Bonchev–Trinajstić information content (AvgIpc) is 2.82. The van der Waals surface area contributed by atoms with Crippen LogP contribution in [0.1, 0.15) is 26.3 Å². The molecule has 0 bridgehead atoms. The summed E-state index contributed by atoms with van der Waals surface area (Å²) in [5.41, 5.74) is 2.76. The van der Waals surface area contributed by atoms with Gasteiger partial charge in [0.15, 0.2) is 5.13 Å². The first kappa shape index (κ1) is 13.9. The number of nitrogens with one attached hydrogen (secondary N) is 1. The topological polar surface area (TPSA) is 45.2 Å². The van der Waals surface area contributed by atoms with E-state index in [9.17, 15) is 5.11 Å². The second-order valence-corrected chi connectivity index (χ2v) is 7.12. The van der Waals surface area contributed by atoms with Gasteiger partial charge in [0, 0.05) is 11.3 Å². The Morgan fingerprint density at radius 3 is 2.57 bits per heavy atom. The first-order valence-electron chi connectivity index (χ1n) is 6.89. The molecule has 2 N–H and O–H groups in total. The Morgan fingerprint density at radius 2 is 1.86 bits per heavy atom. The van der Waals surface area contributed by atoms with Crippen molar-refractivity contribution in [2.45, 2.75) is 26.2 Å². The molecule has 1 aromatic heterocycles. The zero-order valence-electron chi connectivity index (χ0n) is 12.3. The molecule has 0 fully saturated rings. The van der Waals surface area contributed by atoms with Gasteiger partial charge in [0.1, 0.15) is 5.75 Å². The lowest BCUT2D eigenvalue weighted by atomic mass is 9.86. The van der Waals surface area contributed by atoms with Gasteiger partial charge in [0.05, 0.1) is 10.2 Å². The minimum atomic E-state index is -0.102. The van der Waals surface area contributed by atoms with Crippen molar-refractivity contribution in [3.8, 4) is 5.75 Å². The number of aromatic hydroxyl groups is 1. The lowest BCUT2D eigenvalue weighted by molar-refractivity contribution is 0.447. The van der Waals surface area contributed by atoms with Crippen LogP contribution in [-0.4, -0.2) is 10.1 Å². The van der Waals surface area contributed by atoms with E-state index in [1.54, 1.807) is 17.4 Å². The quantitative estimate of drug-likeness (QED) is 0.651. The Morgan fingerprint density at radius 1 is 1.10 bits per heavy atom. The second-order valence-electron chi connectivity index (χ2n) is 6.09. The third-order valence-corrected chi connectivity index (χ3v) is 4.30. The van der Waals surface area contributed by atoms with Crippen LogP contribution in [0.3, 0.4) is 0 Å². The SMILES string of the molecule is CC(C)(C)c1cc(Nc2nc3ccccc3s2)ccc1O. The van der Waals surface area contributed by atoms with Crippen LogP contribution in [-0.2, 0) is 5.41 Å². The van der Waals surface area contributed by atoms with Crippen molar-refractivity contribution in [1.82, 2.24) is 4.98 Å². The first-order valence-corrected chi connectivity index (χ1v) is 7.71. The second kappa shape index (κ2) is 5.04. The molecule has 3 nitrogen and oxygen atoms in total. The number of hydrogen-bond acceptors (Lipinski definition) is 4. The fourth-order valence-corrected chi connectivity index (χ4v) is 3.15. The summed E-state index contributed by atoms with van der Waals surface area (Å²) in [5, 5.41) is 14.2. The maximum Gasteiger partial charge on any atom is 0.188 e. The van der Waals surface area contributed by atoms with E-state index in [1.165, 1.54) is 0 Å². The number of phenols is 1. The van der Waals surface area contributed by atoms with Crippen LogP contribution < -0.4 is 5.32 Å². The van der Waals surface area contributed by atoms with Crippen LogP contribution in [0.15, 0.2) is 42.5 Å². The van der Waals surface area contributed by atoms with Crippen molar-refractivity contribution in [2.24, 2.45) is 0 Å². The lowest BCUT2D eigenvalue weighted by Gasteiger charge is -2.21. The number of benzene rings is 2. The number of anilines is 2. The number of aromatic nitrogens is 1. The molecule has 4 heteroatoms. The van der Waals surface area contributed by atoms with Crippen molar-refractivity contribution in [2.75, 3.05) is 5.32 Å². The number of hydrogen-bond donors (Lipinski definition) is 2. The van der Waals surface area contributed by atoms with Gasteiger partial charge in [-0.3, -0.25) is 0 Å². The van der Waals surface area contributed by atoms with E-state index in [4.69, 9.17) is 0 Å². The van der Waals surface area contributed by atoms with Crippen molar-refractivity contribution >= 4 is 32.4 Å². The number of thiazole rings is 1. The van der Waals surface area contributed by atoms with Gasteiger partial charge in [0.2, 0.25) is 0 Å². The fourth-order valence-electron chi connectivity index (χ4n) is 2.26. The molecular weight excluding hydrogens is 280 g/mol. The largest absolute Gasteiger partial charge is 0.508 e. The van der Waals surface area contributed by atoms with E-state index in [0.29, 0.717) is 5.75 Å². The van der Waals surface area contributed by atoms with Gasteiger partial charge in [-0.1, -0.05) is 44.2 Å². The van der Waals surface area contributed by atoms with E-state index in [-0.39, 0.29) is 5.41 Å². The highest BCUT2D eigenvalue weighted by atomic mass is 32.1. The molecule has 0 saturated heterocycles. The van der Waals surface area contributed by atoms with Crippen molar-refractivity contribution < 1.29 is 5.11 Å². The summed E-state index contributed by atoms with van der Waals surface area (Å²) in [6.07, 6.45) is 0. The van der Waals surface area contributed by atoms with Gasteiger partial charge in [-0.05, 0) is 35.7 Å². The number of rotatable bonds is 2. The first-order chi connectivity index (χ1) is 9.93. The van der Waals surface area contributed by atoms with Crippen molar-refractivity contribution in [1.29, 1.82) is 0 Å². The van der Waals surface area contributed by atoms with E-state index in [2.05, 4.69) is 37.1 Å². The third kappa shape index (κ3) is 2.85. The van der Waals surface area contributed by atoms with E-state index in [1.807, 2.05) is 30.3 Å². The fraction of sp³-hybridized carbons (Fsp3) is 0.235. The highest BCUT2D eigenvalue weighted by Crippen LogP contribution is 2.34. The standard InChI is InChI=1S/C17H18N2OS/c1-17(2,3)12-10-11(8-9-14(12)20)18-16-19-13-6-4-5-7-15(13)21-16/h4-10,20H,1-3H3,(H,18,19). The number of fused-ring (bicyclic) bond motifs is 1. The molecule has 0 amide bonds. The summed E-state index contributed by atoms with van der Waals surface area (Å²) in [6, 6.07) is 13.7. The highest BCUT2D eigenvalue weighted by Gasteiger charge is 2.18. The highest BCUT2D eigenvalue weighted by molar-refractivity contribution is 7.22. The zero-order chi connectivity index (χ0) is 15.0. The Bertz CT molecular complexity index is 754. The van der Waals surface area contributed by atoms with E-state index >= 15 is 0 Å². The monoisotopic (exact) mass is 298 g/mol. The molecule has 3 aromatic rings. The van der Waals surface area contributed by atoms with Crippen LogP contribution >= 0.6 is 11.3 Å². The maximum absolute atomic E-state index is 10.0. The van der Waals surface area contributed by atoms with Gasteiger partial charge in [-0.15, -0.1) is 0 Å². The molecule has 0 saturated carbocycles. The number of phenolic OH excluding ortho intramolecular Hbond substituents is 1. The predicted octanol–water partition coefficient (Wildman–Crippen LogP) is 5.04. The molecule has 0 aliphatic carbocycles. The molecule has 0 unspecified atom stereocenters. The van der Waals surface area contributed by atoms with E-state index < -0.39 is 0 Å². The Hall–Kier alpha value is -2.07. The Balaban J connectivity index is 1.94. The minimum Gasteiger partial charge on any atom is -0.508 e. The molecule has 0 aliphatic heterocycles. The Labute approximate surface area is 128 Å². The van der Waals surface area contributed by atoms with Gasteiger partial charge in [-0.25, -0.2) is 4.98 Å². The summed E-state index contributed by atoms with van der Waals surface area (Å²) in [5.74, 6) is 0.331. The molecule has 21 heavy (non-hydrogen) atoms. The molecule has 108 valence electrons. The predicted molar refractivity (Wildman–Crippen MR) is 89.7 cm³/mol. The van der Waals surface area contributed by atoms with Crippen LogP contribution in [0.4, 0.5) is 10.8 Å². The van der Waals surface area contributed by atoms with E-state index in [0.717, 1.165) is 26.6 Å². The molecular formula is C17H18N2OS. The molecule has 2 aromatic carbocycles. The molecule has 1 heterocycles. The van der Waals surface area contributed by atoms with Crippen LogP contribution in [0, 0.1) is 0 Å². The number of nitrogens with zero attached hydrogens (tertiary/aromatic N) is 1. The lowest BCUT2D eigenvalue weighted by Crippen LogP contribution is -2.11. The van der Waals surface area contributed by atoms with Gasteiger partial charge in [-0.2, -0.15) is 0 Å². The summed E-state index contributed by atoms with van der Waals surface area (Å²) in [4.78, 5) is 4.57. The molecule has 0 radical (unpaired) electrons. The van der Waals surface area contributed by atoms with Crippen LogP contribution in [0.5, 0.6) is 5.75 Å². The smallest absolute Gasteiger partial charge is 0.188 e. The van der Waals surface area contributed by atoms with Gasteiger partial charge in [0.25, 0.3) is 0 Å². The number of para-hydroxylation sites is 1. The maximum atomic E-state index is 10.0. The van der Waals surface area contributed by atoms with Gasteiger partial charge >= 0.3 is 0 Å². The van der Waals surface area contributed by atoms with Crippen molar-refractivity contribution in [3.63, 3.8) is 0 Å². The summed E-state index contributed by atoms with van der Waals surface area (Å²) < 4.78 is 1.16.